The fraction of sp³-hybridized carbons (Fsp3) is 0.350. The van der Waals surface area contributed by atoms with Gasteiger partial charge in [0.25, 0.3) is 0 Å². The molecule has 3 aromatic rings. The minimum atomic E-state index is -0.120. The number of nitrogens with zero attached hydrogens (tertiary/aromatic N) is 3. The number of rotatable bonds is 3. The van der Waals surface area contributed by atoms with Gasteiger partial charge in [0, 0.05) is 34.6 Å². The van der Waals surface area contributed by atoms with Crippen LogP contribution < -0.4 is 4.90 Å². The topological polar surface area (TPSA) is 80.3 Å². The molecule has 1 saturated heterocycles. The van der Waals surface area contributed by atoms with E-state index in [2.05, 4.69) is 9.97 Å². The van der Waals surface area contributed by atoms with Gasteiger partial charge in [-0.25, -0.2) is 4.98 Å². The Morgan fingerprint density at radius 1 is 1.36 bits per heavy atom. The fourth-order valence-electron chi connectivity index (χ4n) is 3.84. The highest BCUT2D eigenvalue weighted by atomic mass is 35.5. The largest absolute Gasteiger partial charge is 0.376 e. The maximum absolute atomic E-state index is 12.6. The molecule has 7 nitrogen and oxygen atoms in total. The van der Waals surface area contributed by atoms with Crippen molar-refractivity contribution in [1.29, 1.82) is 0 Å². The van der Waals surface area contributed by atoms with Crippen LogP contribution in [0.1, 0.15) is 11.4 Å². The average molecular weight is 399 g/mol. The molecule has 28 heavy (non-hydrogen) atoms. The highest BCUT2D eigenvalue weighted by Gasteiger charge is 2.32. The Bertz CT molecular complexity index is 1070. The number of ether oxygens (including phenoxy) is 2. The third-order valence-electron chi connectivity index (χ3n) is 5.24. The zero-order chi connectivity index (χ0) is 19.3. The van der Waals surface area contributed by atoms with Gasteiger partial charge in [-0.15, -0.1) is 0 Å². The number of amides is 1. The molecule has 5 heterocycles. The molecule has 0 radical (unpaired) electrons. The van der Waals surface area contributed by atoms with E-state index >= 15 is 0 Å². The molecule has 0 aromatic carbocycles. The number of anilines is 1. The predicted molar refractivity (Wildman–Crippen MR) is 106 cm³/mol. The lowest BCUT2D eigenvalue weighted by Gasteiger charge is -2.27. The van der Waals surface area contributed by atoms with Gasteiger partial charge >= 0.3 is 0 Å². The number of hydrogen-bond donors (Lipinski definition) is 1. The second kappa shape index (κ2) is 6.84. The molecule has 0 spiro atoms. The van der Waals surface area contributed by atoms with Crippen molar-refractivity contribution in [2.24, 2.45) is 0 Å². The van der Waals surface area contributed by atoms with Crippen molar-refractivity contribution in [2.45, 2.75) is 19.4 Å². The highest BCUT2D eigenvalue weighted by Crippen LogP contribution is 2.35. The predicted octanol–water partition coefficient (Wildman–Crippen LogP) is 2.89. The monoisotopic (exact) mass is 398 g/mol. The Morgan fingerprint density at radius 3 is 3.07 bits per heavy atom. The summed E-state index contributed by atoms with van der Waals surface area (Å²) in [6.45, 7) is 4.07. The van der Waals surface area contributed by atoms with E-state index in [1.54, 1.807) is 17.3 Å². The van der Waals surface area contributed by atoms with E-state index in [4.69, 9.17) is 26.1 Å². The Kier molecular flexibility index (Phi) is 4.30. The molecule has 144 valence electrons. The number of pyridine rings is 2. The van der Waals surface area contributed by atoms with Crippen molar-refractivity contribution < 1.29 is 14.3 Å². The number of nitrogens with one attached hydrogen (secondary N) is 1. The average Bonchev–Trinajstić information content (AvgIpc) is 3.21. The first-order valence-corrected chi connectivity index (χ1v) is 9.61. The highest BCUT2D eigenvalue weighted by molar-refractivity contribution is 6.35. The molecular formula is C20H19ClN4O3. The number of hydrogen-bond acceptors (Lipinski definition) is 5. The Morgan fingerprint density at radius 2 is 2.25 bits per heavy atom. The fourth-order valence-corrected chi connectivity index (χ4v) is 4.04. The summed E-state index contributed by atoms with van der Waals surface area (Å²) in [5.41, 5.74) is 5.09. The summed E-state index contributed by atoms with van der Waals surface area (Å²) >= 11 is 6.25. The molecule has 8 heteroatoms. The van der Waals surface area contributed by atoms with Gasteiger partial charge in [0.15, 0.2) is 0 Å². The quantitative estimate of drug-likeness (QED) is 0.733. The number of halogens is 1. The van der Waals surface area contributed by atoms with Crippen LogP contribution in [0.3, 0.4) is 0 Å². The molecular weight excluding hydrogens is 380 g/mol. The number of aromatic amines is 1. The Balaban J connectivity index is 1.53. The molecule has 2 aliphatic rings. The summed E-state index contributed by atoms with van der Waals surface area (Å²) in [5, 5.41) is 1.49. The van der Waals surface area contributed by atoms with Gasteiger partial charge in [0.1, 0.15) is 5.65 Å². The molecule has 1 fully saturated rings. The van der Waals surface area contributed by atoms with Gasteiger partial charge in [-0.2, -0.15) is 0 Å². The summed E-state index contributed by atoms with van der Waals surface area (Å²) < 4.78 is 11.2. The standard InChI is InChI=1S/C20H19ClN4O3/c1-11-14(12-4-15-16(21)8-23-20(15)22-7-12)5-18-17(24-11)6-19(26)25(18)9-13-10-27-2-3-28-13/h4-5,7-8,13H,2-3,6,9-10H2,1H3,(H,22,23)/t13-/m0/s1. The smallest absolute Gasteiger partial charge is 0.233 e. The van der Waals surface area contributed by atoms with E-state index in [1.807, 2.05) is 19.1 Å². The van der Waals surface area contributed by atoms with E-state index in [0.717, 1.165) is 39.2 Å². The lowest BCUT2D eigenvalue weighted by atomic mass is 10.0. The normalized spacial score (nSPS) is 19.4. The number of fused-ring (bicyclic) bond motifs is 2. The van der Waals surface area contributed by atoms with E-state index in [1.165, 1.54) is 0 Å². The van der Waals surface area contributed by atoms with Crippen molar-refractivity contribution in [2.75, 3.05) is 31.3 Å². The third-order valence-corrected chi connectivity index (χ3v) is 5.56. The van der Waals surface area contributed by atoms with E-state index in [9.17, 15) is 4.79 Å². The molecule has 1 atom stereocenters. The van der Waals surface area contributed by atoms with E-state index in [-0.39, 0.29) is 12.0 Å². The lowest BCUT2D eigenvalue weighted by molar-refractivity contribution is -0.119. The number of aromatic nitrogens is 3. The van der Waals surface area contributed by atoms with Crippen LogP contribution in [-0.2, 0) is 20.7 Å². The molecule has 0 unspecified atom stereocenters. The molecule has 2 aliphatic heterocycles. The van der Waals surface area contributed by atoms with Crippen LogP contribution in [0.4, 0.5) is 5.69 Å². The first kappa shape index (κ1) is 17.6. The zero-order valence-electron chi connectivity index (χ0n) is 15.4. The number of aryl methyl sites for hydroxylation is 1. The van der Waals surface area contributed by atoms with E-state index < -0.39 is 0 Å². The second-order valence-electron chi connectivity index (χ2n) is 7.09. The molecule has 3 aromatic heterocycles. The van der Waals surface area contributed by atoms with Crippen LogP contribution in [0.5, 0.6) is 0 Å². The summed E-state index contributed by atoms with van der Waals surface area (Å²) in [5.74, 6) is 0.0375. The molecule has 0 aliphatic carbocycles. The minimum absolute atomic E-state index is 0.0375. The van der Waals surface area contributed by atoms with Crippen LogP contribution in [0.15, 0.2) is 24.5 Å². The van der Waals surface area contributed by atoms with Crippen LogP contribution in [0.2, 0.25) is 5.02 Å². The third kappa shape index (κ3) is 2.96. The number of carbonyl (C=O) groups is 1. The van der Waals surface area contributed by atoms with Crippen molar-refractivity contribution in [3.63, 3.8) is 0 Å². The summed E-state index contributed by atoms with van der Waals surface area (Å²) in [6.07, 6.45) is 3.71. The van der Waals surface area contributed by atoms with Gasteiger partial charge in [0.2, 0.25) is 5.91 Å². The van der Waals surface area contributed by atoms with Crippen LogP contribution >= 0.6 is 11.6 Å². The molecule has 1 N–H and O–H groups in total. The molecule has 0 bridgehead atoms. The van der Waals surface area contributed by atoms with Crippen molar-refractivity contribution >= 4 is 34.2 Å². The number of H-pyrrole nitrogens is 1. The summed E-state index contributed by atoms with van der Waals surface area (Å²) in [6, 6.07) is 4.02. The second-order valence-corrected chi connectivity index (χ2v) is 7.50. The summed E-state index contributed by atoms with van der Waals surface area (Å²) in [7, 11) is 0. The van der Waals surface area contributed by atoms with Crippen LogP contribution in [0, 0.1) is 6.92 Å². The van der Waals surface area contributed by atoms with Crippen molar-refractivity contribution in [3.05, 3.63) is 40.9 Å². The first-order chi connectivity index (χ1) is 13.6. The number of carbonyl (C=O) groups excluding carboxylic acids is 1. The minimum Gasteiger partial charge on any atom is -0.376 e. The summed E-state index contributed by atoms with van der Waals surface area (Å²) in [4.78, 5) is 26.6. The Labute approximate surface area is 166 Å². The maximum atomic E-state index is 12.6. The maximum Gasteiger partial charge on any atom is 0.233 e. The van der Waals surface area contributed by atoms with Crippen LogP contribution in [0.25, 0.3) is 22.2 Å². The van der Waals surface area contributed by atoms with Gasteiger partial charge in [-0.3, -0.25) is 9.78 Å². The van der Waals surface area contributed by atoms with Gasteiger partial charge in [-0.05, 0) is 19.1 Å². The van der Waals surface area contributed by atoms with Gasteiger partial charge in [0.05, 0.1) is 55.3 Å². The van der Waals surface area contributed by atoms with Crippen LogP contribution in [-0.4, -0.2) is 53.3 Å². The van der Waals surface area contributed by atoms with E-state index in [0.29, 0.717) is 37.8 Å². The molecule has 0 saturated carbocycles. The van der Waals surface area contributed by atoms with Gasteiger partial charge < -0.3 is 19.4 Å². The first-order valence-electron chi connectivity index (χ1n) is 9.23. The molecule has 1 amide bonds. The van der Waals surface area contributed by atoms with Crippen molar-refractivity contribution in [1.82, 2.24) is 15.0 Å². The van der Waals surface area contributed by atoms with Crippen molar-refractivity contribution in [3.8, 4) is 11.1 Å². The lowest BCUT2D eigenvalue weighted by Crippen LogP contribution is -2.41. The molecule has 5 rings (SSSR count). The zero-order valence-corrected chi connectivity index (χ0v) is 16.1. The van der Waals surface area contributed by atoms with Gasteiger partial charge in [-0.1, -0.05) is 11.6 Å². The SMILES string of the molecule is Cc1nc2c(cc1-c1cnc3[nH]cc(Cl)c3c1)N(C[C@H]1COCCO1)C(=O)C2. The Hall–Kier alpha value is -2.48.